The summed E-state index contributed by atoms with van der Waals surface area (Å²) in [5, 5.41) is 28.9. The maximum absolute atomic E-state index is 10.4. The minimum atomic E-state index is -0.793. The van der Waals surface area contributed by atoms with Gasteiger partial charge in [0.05, 0.1) is 57.5 Å². The lowest BCUT2D eigenvalue weighted by Gasteiger charge is -2.34. The highest BCUT2D eigenvalue weighted by molar-refractivity contribution is 6.18. The number of alkyl halides is 1. The van der Waals surface area contributed by atoms with Gasteiger partial charge in [-0.15, -0.1) is 11.6 Å². The van der Waals surface area contributed by atoms with Crippen molar-refractivity contribution in [2.75, 3.05) is 65.3 Å². The Balaban J connectivity index is 1.30. The summed E-state index contributed by atoms with van der Waals surface area (Å²) in [5.41, 5.74) is 6.32. The van der Waals surface area contributed by atoms with E-state index in [1.165, 1.54) is 22.3 Å². The van der Waals surface area contributed by atoms with E-state index in [0.29, 0.717) is 44.5 Å². The van der Waals surface area contributed by atoms with Crippen molar-refractivity contribution in [2.45, 2.75) is 17.6 Å². The Kier molecular flexibility index (Phi) is 12.4. The molecule has 8 nitrogen and oxygen atoms in total. The van der Waals surface area contributed by atoms with E-state index in [0.717, 1.165) is 11.1 Å². The van der Waals surface area contributed by atoms with Gasteiger partial charge >= 0.3 is 0 Å². The first-order chi connectivity index (χ1) is 22.6. The van der Waals surface area contributed by atoms with Crippen LogP contribution in [0.4, 0.5) is 0 Å². The van der Waals surface area contributed by atoms with Gasteiger partial charge in [0, 0.05) is 0 Å². The highest BCUT2D eigenvalue weighted by Gasteiger charge is 2.45. The average molecular weight is 649 g/mol. The van der Waals surface area contributed by atoms with E-state index in [-0.39, 0.29) is 32.3 Å². The van der Waals surface area contributed by atoms with Crippen LogP contribution in [0.2, 0.25) is 0 Å². The number of aliphatic hydroxyl groups excluding tert-OH is 3. The number of aliphatic hydroxyl groups is 3. The summed E-state index contributed by atoms with van der Waals surface area (Å²) in [6.45, 7) is 2.20. The van der Waals surface area contributed by atoms with Crippen LogP contribution in [-0.2, 0) is 19.6 Å². The van der Waals surface area contributed by atoms with Crippen molar-refractivity contribution < 1.29 is 39.0 Å². The number of ether oxygens (including phenoxy) is 5. The van der Waals surface area contributed by atoms with Crippen LogP contribution in [0.5, 0.6) is 11.5 Å². The molecule has 5 rings (SSSR count). The van der Waals surface area contributed by atoms with E-state index in [4.69, 9.17) is 40.4 Å². The van der Waals surface area contributed by atoms with Crippen molar-refractivity contribution in [1.29, 1.82) is 0 Å². The summed E-state index contributed by atoms with van der Waals surface area (Å²) in [6.07, 6.45) is -1.52. The van der Waals surface area contributed by atoms with Crippen LogP contribution in [0.3, 0.4) is 0 Å². The van der Waals surface area contributed by atoms with Crippen molar-refractivity contribution in [1.82, 2.24) is 0 Å². The quantitative estimate of drug-likeness (QED) is 0.0866. The first-order valence-electron chi connectivity index (χ1n) is 15.5. The fraction of sp³-hybridized carbons (Fsp3) is 0.351. The topological polar surface area (TPSA) is 107 Å². The van der Waals surface area contributed by atoms with E-state index < -0.39 is 17.6 Å². The highest BCUT2D eigenvalue weighted by atomic mass is 35.5. The smallest absolute Gasteiger partial charge is 0.119 e. The second-order valence-corrected chi connectivity index (χ2v) is 11.3. The first kappa shape index (κ1) is 33.9. The molecule has 0 radical (unpaired) electrons. The molecule has 0 spiro atoms. The van der Waals surface area contributed by atoms with Gasteiger partial charge in [0.2, 0.25) is 0 Å². The first-order valence-corrected chi connectivity index (χ1v) is 16.0. The van der Waals surface area contributed by atoms with Crippen LogP contribution in [0.15, 0.2) is 97.1 Å². The lowest BCUT2D eigenvalue weighted by atomic mass is 9.68. The van der Waals surface area contributed by atoms with Crippen molar-refractivity contribution in [2.24, 2.45) is 0 Å². The lowest BCUT2D eigenvalue weighted by Crippen LogP contribution is -2.28. The molecular formula is C37H41ClO8. The molecule has 0 saturated heterocycles. The van der Waals surface area contributed by atoms with Gasteiger partial charge in [0.25, 0.3) is 0 Å². The normalized spacial score (nSPS) is 14.3. The van der Waals surface area contributed by atoms with Crippen LogP contribution >= 0.6 is 11.6 Å². The molecule has 244 valence electrons. The second-order valence-electron chi connectivity index (χ2n) is 11.0. The summed E-state index contributed by atoms with van der Waals surface area (Å²) >= 11 is 5.74. The third kappa shape index (κ3) is 7.90. The molecule has 3 N–H and O–H groups in total. The van der Waals surface area contributed by atoms with Crippen molar-refractivity contribution in [3.8, 4) is 22.6 Å². The summed E-state index contributed by atoms with van der Waals surface area (Å²) < 4.78 is 27.7. The molecule has 1 aliphatic rings. The lowest BCUT2D eigenvalue weighted by molar-refractivity contribution is -0.0217. The third-order valence-corrected chi connectivity index (χ3v) is 8.24. The number of hydrogen-bond acceptors (Lipinski definition) is 8. The van der Waals surface area contributed by atoms with Gasteiger partial charge in [-0.25, -0.2) is 0 Å². The number of hydrogen-bond donors (Lipinski definition) is 3. The SMILES string of the molecule is OCCOCCOCCOCC(O)COc1ccc(C2(c3ccc(OC[C@H](O)CCl)cc3)c3ccccc3-c3ccccc32)cc1. The van der Waals surface area contributed by atoms with Gasteiger partial charge in [-0.05, 0) is 57.6 Å². The van der Waals surface area contributed by atoms with Gasteiger partial charge in [0.1, 0.15) is 36.9 Å². The Bertz CT molecular complexity index is 1450. The zero-order chi connectivity index (χ0) is 32.2. The fourth-order valence-corrected chi connectivity index (χ4v) is 5.92. The number of rotatable bonds is 19. The Hall–Kier alpha value is -3.47. The molecule has 4 aromatic rings. The number of fused-ring (bicyclic) bond motifs is 3. The van der Waals surface area contributed by atoms with Crippen molar-refractivity contribution >= 4 is 11.6 Å². The predicted molar refractivity (Wildman–Crippen MR) is 177 cm³/mol. The Morgan fingerprint density at radius 2 is 1.00 bits per heavy atom. The number of benzene rings is 4. The standard InChI is InChI=1S/C37H41ClO8/c38-23-29(40)25-45-31-13-9-27(10-14-31)37(35-7-3-1-5-33(35)34-6-2-4-8-36(34)37)28-11-15-32(16-12-28)46-26-30(41)24-44-22-21-43-20-19-42-18-17-39/h1-16,29-30,39-41H,17-26H2/t29-,30?/m1/s1. The van der Waals surface area contributed by atoms with Crippen molar-refractivity contribution in [3.63, 3.8) is 0 Å². The Morgan fingerprint density at radius 3 is 1.50 bits per heavy atom. The summed E-state index contributed by atoms with van der Waals surface area (Å²) in [7, 11) is 0. The second kappa shape index (κ2) is 16.9. The molecule has 46 heavy (non-hydrogen) atoms. The van der Waals surface area contributed by atoms with E-state index in [1.54, 1.807) is 0 Å². The molecule has 0 aliphatic heterocycles. The summed E-state index contributed by atoms with van der Waals surface area (Å²) in [5.74, 6) is 1.41. The molecule has 1 unspecified atom stereocenters. The Morgan fingerprint density at radius 1 is 0.543 bits per heavy atom. The molecule has 0 bridgehead atoms. The highest BCUT2D eigenvalue weighted by Crippen LogP contribution is 2.56. The zero-order valence-electron chi connectivity index (χ0n) is 25.7. The minimum absolute atomic E-state index is 0.00837. The molecule has 0 fully saturated rings. The molecule has 1 aliphatic carbocycles. The molecular weight excluding hydrogens is 608 g/mol. The predicted octanol–water partition coefficient (Wildman–Crippen LogP) is 4.81. The molecule has 0 heterocycles. The van der Waals surface area contributed by atoms with E-state index in [1.807, 2.05) is 24.3 Å². The molecule has 2 atom stereocenters. The van der Waals surface area contributed by atoms with Gasteiger partial charge in [-0.2, -0.15) is 0 Å². The summed E-state index contributed by atoms with van der Waals surface area (Å²) in [6, 6.07) is 33.1. The van der Waals surface area contributed by atoms with E-state index in [9.17, 15) is 10.2 Å². The van der Waals surface area contributed by atoms with Gasteiger partial charge in [-0.3, -0.25) is 0 Å². The van der Waals surface area contributed by atoms with E-state index in [2.05, 4.69) is 72.8 Å². The van der Waals surface area contributed by atoms with E-state index >= 15 is 0 Å². The zero-order valence-corrected chi connectivity index (χ0v) is 26.5. The van der Waals surface area contributed by atoms with Crippen molar-refractivity contribution in [3.05, 3.63) is 119 Å². The van der Waals surface area contributed by atoms with Gasteiger partial charge in [-0.1, -0.05) is 72.8 Å². The monoisotopic (exact) mass is 648 g/mol. The van der Waals surface area contributed by atoms with Gasteiger partial charge < -0.3 is 39.0 Å². The molecule has 9 heteroatoms. The summed E-state index contributed by atoms with van der Waals surface area (Å²) in [4.78, 5) is 0. The van der Waals surface area contributed by atoms with Crippen LogP contribution in [0.25, 0.3) is 11.1 Å². The minimum Gasteiger partial charge on any atom is -0.491 e. The Labute approximate surface area is 275 Å². The average Bonchev–Trinajstić information content (AvgIpc) is 3.40. The van der Waals surface area contributed by atoms with Gasteiger partial charge in [0.15, 0.2) is 0 Å². The van der Waals surface area contributed by atoms with Crippen LogP contribution in [0.1, 0.15) is 22.3 Å². The molecule has 0 saturated carbocycles. The maximum Gasteiger partial charge on any atom is 0.119 e. The molecule has 4 aromatic carbocycles. The van der Waals surface area contributed by atoms with Crippen LogP contribution < -0.4 is 9.47 Å². The largest absolute Gasteiger partial charge is 0.491 e. The fourth-order valence-electron chi connectivity index (χ4n) is 5.83. The maximum atomic E-state index is 10.4. The third-order valence-electron chi connectivity index (χ3n) is 7.88. The number of halogens is 1. The van der Waals surface area contributed by atoms with Crippen LogP contribution in [-0.4, -0.2) is 92.9 Å². The molecule has 0 amide bonds. The van der Waals surface area contributed by atoms with Crippen LogP contribution in [0, 0.1) is 0 Å². The molecule has 0 aromatic heterocycles.